The van der Waals surface area contributed by atoms with Crippen molar-refractivity contribution < 1.29 is 29.3 Å². The van der Waals surface area contributed by atoms with Crippen molar-refractivity contribution in [3.63, 3.8) is 0 Å². The first-order valence-electron chi connectivity index (χ1n) is 10.8. The monoisotopic (exact) mass is 487 g/mol. The van der Waals surface area contributed by atoms with Crippen molar-refractivity contribution >= 4 is 29.6 Å². The predicted octanol–water partition coefficient (Wildman–Crippen LogP) is 3.98. The molecule has 3 N–H and O–H groups in total. The van der Waals surface area contributed by atoms with E-state index < -0.39 is 5.91 Å². The van der Waals surface area contributed by atoms with Crippen molar-refractivity contribution in [2.75, 3.05) is 14.2 Å². The predicted molar refractivity (Wildman–Crippen MR) is 136 cm³/mol. The third-order valence-corrected chi connectivity index (χ3v) is 4.94. The topological polar surface area (TPSA) is 130 Å². The van der Waals surface area contributed by atoms with Crippen LogP contribution in [0.2, 0.25) is 0 Å². The maximum absolute atomic E-state index is 12.7. The average molecular weight is 488 g/mol. The summed E-state index contributed by atoms with van der Waals surface area (Å²) < 4.78 is 10.2. The Morgan fingerprint density at radius 3 is 2.00 bits per heavy atom. The molecule has 0 atom stereocenters. The number of rotatable bonds is 10. The number of aromatic nitrogens is 1. The van der Waals surface area contributed by atoms with Crippen LogP contribution in [0.1, 0.15) is 27.9 Å². The summed E-state index contributed by atoms with van der Waals surface area (Å²) in [7, 11) is 2.88. The van der Waals surface area contributed by atoms with Gasteiger partial charge < -0.3 is 19.7 Å². The van der Waals surface area contributed by atoms with E-state index in [0.717, 1.165) is 0 Å². The second-order valence-electron chi connectivity index (χ2n) is 7.45. The molecule has 0 fully saturated rings. The van der Waals surface area contributed by atoms with E-state index in [9.17, 15) is 19.8 Å². The van der Waals surface area contributed by atoms with Crippen molar-refractivity contribution in [3.8, 4) is 23.0 Å². The van der Waals surface area contributed by atoms with Crippen LogP contribution in [-0.2, 0) is 4.79 Å². The van der Waals surface area contributed by atoms with Crippen molar-refractivity contribution in [1.29, 1.82) is 0 Å². The standard InChI is InChI=1S/C27H25N3O6/c1-35-25-15-18(5-9-23(25)32)3-7-21(29-30-27(34)20-11-13-28-14-12-20)17-22(31)8-4-19-6-10-24(33)26(16-19)36-2/h3-16,32-33H,17H2,1-2H3,(H,30,34)/b7-3+,8-4+,29-21-. The molecule has 0 aliphatic heterocycles. The lowest BCUT2D eigenvalue weighted by molar-refractivity contribution is -0.113. The zero-order valence-electron chi connectivity index (χ0n) is 19.7. The lowest BCUT2D eigenvalue weighted by Gasteiger charge is -2.05. The van der Waals surface area contributed by atoms with Gasteiger partial charge in [-0.25, -0.2) is 5.43 Å². The summed E-state index contributed by atoms with van der Waals surface area (Å²) in [6, 6.07) is 12.6. The molecule has 1 heterocycles. The fraction of sp³-hybridized carbons (Fsp3) is 0.111. The first kappa shape index (κ1) is 25.7. The Bertz CT molecular complexity index is 1320. The van der Waals surface area contributed by atoms with E-state index in [1.54, 1.807) is 54.6 Å². The number of hydrazone groups is 1. The molecule has 0 bridgehead atoms. The van der Waals surface area contributed by atoms with Gasteiger partial charge in [0, 0.05) is 18.0 Å². The summed E-state index contributed by atoms with van der Waals surface area (Å²) in [4.78, 5) is 28.9. The van der Waals surface area contributed by atoms with Crippen molar-refractivity contribution in [2.45, 2.75) is 6.42 Å². The number of aromatic hydroxyl groups is 2. The number of amides is 1. The Hall–Kier alpha value is -4.92. The van der Waals surface area contributed by atoms with Gasteiger partial charge in [-0.3, -0.25) is 14.6 Å². The zero-order chi connectivity index (χ0) is 25.9. The zero-order valence-corrected chi connectivity index (χ0v) is 19.7. The molecule has 36 heavy (non-hydrogen) atoms. The van der Waals surface area contributed by atoms with Gasteiger partial charge in [-0.1, -0.05) is 24.3 Å². The second-order valence-corrected chi connectivity index (χ2v) is 7.45. The highest BCUT2D eigenvalue weighted by Crippen LogP contribution is 2.27. The lowest BCUT2D eigenvalue weighted by Crippen LogP contribution is -2.20. The number of allylic oxidation sites excluding steroid dienone is 2. The largest absolute Gasteiger partial charge is 0.504 e. The summed E-state index contributed by atoms with van der Waals surface area (Å²) >= 11 is 0. The molecule has 0 aliphatic carbocycles. The third kappa shape index (κ3) is 7.29. The SMILES string of the molecule is COc1cc(/C=C/C(=O)CC(/C=C/c2ccc(O)c(OC)c2)=N\NC(=O)c2ccncc2)ccc1O. The van der Waals surface area contributed by atoms with E-state index in [1.807, 2.05) is 0 Å². The van der Waals surface area contributed by atoms with E-state index in [0.29, 0.717) is 28.2 Å². The second kappa shape index (κ2) is 12.5. The number of carbonyl (C=O) groups is 2. The number of pyridine rings is 1. The van der Waals surface area contributed by atoms with Gasteiger partial charge in [-0.05, 0) is 59.7 Å². The van der Waals surface area contributed by atoms with Crippen LogP contribution in [0.15, 0.2) is 78.2 Å². The highest BCUT2D eigenvalue weighted by molar-refractivity contribution is 6.13. The van der Waals surface area contributed by atoms with Crippen LogP contribution in [0.25, 0.3) is 12.2 Å². The summed E-state index contributed by atoms with van der Waals surface area (Å²) in [5, 5.41) is 23.6. The summed E-state index contributed by atoms with van der Waals surface area (Å²) in [6.45, 7) is 0. The molecule has 9 heteroatoms. The third-order valence-electron chi connectivity index (χ3n) is 4.94. The van der Waals surface area contributed by atoms with E-state index >= 15 is 0 Å². The Morgan fingerprint density at radius 1 is 0.889 bits per heavy atom. The van der Waals surface area contributed by atoms with Gasteiger partial charge in [0.2, 0.25) is 0 Å². The van der Waals surface area contributed by atoms with E-state index in [1.165, 1.54) is 44.8 Å². The molecule has 1 amide bonds. The first-order chi connectivity index (χ1) is 17.4. The minimum atomic E-state index is -0.450. The number of carbonyl (C=O) groups excluding carboxylic acids is 2. The van der Waals surface area contributed by atoms with Gasteiger partial charge in [0.15, 0.2) is 28.8 Å². The van der Waals surface area contributed by atoms with Crippen LogP contribution < -0.4 is 14.9 Å². The number of benzene rings is 2. The fourth-order valence-electron chi connectivity index (χ4n) is 3.04. The van der Waals surface area contributed by atoms with Gasteiger partial charge in [0.1, 0.15) is 0 Å². The molecule has 1 aromatic heterocycles. The number of ether oxygens (including phenoxy) is 2. The van der Waals surface area contributed by atoms with Crippen molar-refractivity contribution in [1.82, 2.24) is 10.4 Å². The first-order valence-corrected chi connectivity index (χ1v) is 10.8. The van der Waals surface area contributed by atoms with Crippen molar-refractivity contribution in [3.05, 3.63) is 89.8 Å². The molecule has 0 spiro atoms. The van der Waals surface area contributed by atoms with Gasteiger partial charge >= 0.3 is 0 Å². The highest BCUT2D eigenvalue weighted by Gasteiger charge is 2.08. The average Bonchev–Trinajstić information content (AvgIpc) is 2.90. The maximum Gasteiger partial charge on any atom is 0.271 e. The molecule has 9 nitrogen and oxygen atoms in total. The minimum Gasteiger partial charge on any atom is -0.504 e. The molecule has 184 valence electrons. The normalized spacial score (nSPS) is 11.6. The Kier molecular flexibility index (Phi) is 8.94. The van der Waals surface area contributed by atoms with Crippen LogP contribution in [0.3, 0.4) is 0 Å². The smallest absolute Gasteiger partial charge is 0.271 e. The van der Waals surface area contributed by atoms with Gasteiger partial charge in [0.05, 0.1) is 26.4 Å². The molecule has 0 radical (unpaired) electrons. The van der Waals surface area contributed by atoms with E-state index in [4.69, 9.17) is 9.47 Å². The number of ketones is 1. The highest BCUT2D eigenvalue weighted by atomic mass is 16.5. The number of nitrogens with zero attached hydrogens (tertiary/aromatic N) is 2. The number of hydrogen-bond donors (Lipinski definition) is 3. The van der Waals surface area contributed by atoms with Gasteiger partial charge in [-0.2, -0.15) is 5.10 Å². The molecule has 0 saturated heterocycles. The molecule has 0 unspecified atom stereocenters. The lowest BCUT2D eigenvalue weighted by atomic mass is 10.1. The van der Waals surface area contributed by atoms with Gasteiger partial charge in [0.25, 0.3) is 5.91 Å². The molecule has 0 saturated carbocycles. The van der Waals surface area contributed by atoms with E-state index in [-0.39, 0.29) is 29.5 Å². The molecule has 0 aliphatic rings. The van der Waals surface area contributed by atoms with Crippen LogP contribution in [-0.4, -0.2) is 46.8 Å². The van der Waals surface area contributed by atoms with Crippen LogP contribution in [0, 0.1) is 0 Å². The van der Waals surface area contributed by atoms with Gasteiger partial charge in [-0.15, -0.1) is 0 Å². The minimum absolute atomic E-state index is 0.000619. The molecule has 3 rings (SSSR count). The Labute approximate surface area is 208 Å². The number of phenols is 2. The number of methoxy groups -OCH3 is 2. The fourth-order valence-corrected chi connectivity index (χ4v) is 3.04. The van der Waals surface area contributed by atoms with Crippen molar-refractivity contribution in [2.24, 2.45) is 5.10 Å². The maximum atomic E-state index is 12.7. The molecular weight excluding hydrogens is 462 g/mol. The number of hydrogen-bond acceptors (Lipinski definition) is 8. The summed E-state index contributed by atoms with van der Waals surface area (Å²) in [6.07, 6.45) is 9.12. The van der Waals surface area contributed by atoms with Crippen LogP contribution in [0.4, 0.5) is 0 Å². The molecule has 2 aromatic carbocycles. The molecular formula is C27H25N3O6. The number of nitrogens with one attached hydrogen (secondary N) is 1. The Morgan fingerprint density at radius 2 is 1.44 bits per heavy atom. The quantitative estimate of drug-likeness (QED) is 0.224. The Balaban J connectivity index is 1.79. The van der Waals surface area contributed by atoms with Crippen LogP contribution >= 0.6 is 0 Å². The van der Waals surface area contributed by atoms with Crippen LogP contribution in [0.5, 0.6) is 23.0 Å². The number of phenolic OH excluding ortho intramolecular Hbond substituents is 2. The summed E-state index contributed by atoms with van der Waals surface area (Å²) in [5.74, 6) is -0.140. The summed E-state index contributed by atoms with van der Waals surface area (Å²) in [5.41, 5.74) is 4.47. The van der Waals surface area contributed by atoms with E-state index in [2.05, 4.69) is 15.5 Å². The molecule has 3 aromatic rings.